The third kappa shape index (κ3) is 3.35. The molecule has 4 nitrogen and oxygen atoms in total. The van der Waals surface area contributed by atoms with Gasteiger partial charge in [-0.15, -0.1) is 0 Å². The number of nitrogens with zero attached hydrogens (tertiary/aromatic N) is 2. The maximum absolute atomic E-state index is 5.05. The van der Waals surface area contributed by atoms with Gasteiger partial charge in [0.05, 0.1) is 12.3 Å². The lowest BCUT2D eigenvalue weighted by Gasteiger charge is -2.10. The summed E-state index contributed by atoms with van der Waals surface area (Å²) in [7, 11) is 1.70. The number of anilines is 1. The first-order valence-corrected chi connectivity index (χ1v) is 6.62. The molecule has 0 spiro atoms. The molecule has 2 aromatic rings. The Morgan fingerprint density at radius 1 is 1.37 bits per heavy atom. The van der Waals surface area contributed by atoms with Crippen LogP contribution < -0.4 is 5.32 Å². The first-order valence-electron chi connectivity index (χ1n) is 6.62. The fourth-order valence-corrected chi connectivity index (χ4v) is 2.01. The normalized spacial score (nSPS) is 10.7. The minimum absolute atomic E-state index is 0.668. The minimum Gasteiger partial charge on any atom is -0.383 e. The summed E-state index contributed by atoms with van der Waals surface area (Å²) < 4.78 is 7.14. The summed E-state index contributed by atoms with van der Waals surface area (Å²) in [5, 5.41) is 3.30. The number of benzene rings is 1. The van der Waals surface area contributed by atoms with Crippen LogP contribution in [0.2, 0.25) is 0 Å². The van der Waals surface area contributed by atoms with Gasteiger partial charge in [-0.3, -0.25) is 4.57 Å². The number of rotatable bonds is 6. The van der Waals surface area contributed by atoms with Crippen LogP contribution in [0, 0.1) is 6.92 Å². The zero-order valence-electron chi connectivity index (χ0n) is 11.8. The molecule has 0 aliphatic rings. The highest BCUT2D eigenvalue weighted by Gasteiger charge is 2.07. The Kier molecular flexibility index (Phi) is 4.58. The molecule has 0 amide bonds. The van der Waals surface area contributed by atoms with Gasteiger partial charge in [0.2, 0.25) is 5.95 Å². The van der Waals surface area contributed by atoms with E-state index in [-0.39, 0.29) is 0 Å². The molecule has 0 bridgehead atoms. The van der Waals surface area contributed by atoms with Crippen LogP contribution in [0.3, 0.4) is 0 Å². The van der Waals surface area contributed by atoms with Crippen LogP contribution in [0.4, 0.5) is 5.95 Å². The van der Waals surface area contributed by atoms with Crippen molar-refractivity contribution in [1.29, 1.82) is 0 Å². The van der Waals surface area contributed by atoms with E-state index in [0.29, 0.717) is 6.61 Å². The second kappa shape index (κ2) is 6.38. The summed E-state index contributed by atoms with van der Waals surface area (Å²) in [6.45, 7) is 5.58. The van der Waals surface area contributed by atoms with Gasteiger partial charge in [-0.1, -0.05) is 19.1 Å². The lowest BCUT2D eigenvalue weighted by molar-refractivity contribution is 0.210. The highest BCUT2D eigenvalue weighted by molar-refractivity contribution is 5.44. The van der Waals surface area contributed by atoms with Crippen molar-refractivity contribution in [2.24, 2.45) is 0 Å². The molecule has 0 fully saturated rings. The SMILES string of the molecule is CCc1cccc(-n2cc(C)nc2NCCOC)c1. The van der Waals surface area contributed by atoms with Crippen molar-refractivity contribution in [3.05, 3.63) is 41.7 Å². The summed E-state index contributed by atoms with van der Waals surface area (Å²) in [4.78, 5) is 4.51. The Balaban J connectivity index is 2.27. The number of aromatic nitrogens is 2. The molecule has 1 aromatic carbocycles. The predicted molar refractivity (Wildman–Crippen MR) is 78.0 cm³/mol. The maximum atomic E-state index is 5.05. The maximum Gasteiger partial charge on any atom is 0.207 e. The number of ether oxygens (including phenoxy) is 1. The van der Waals surface area contributed by atoms with Crippen LogP contribution in [-0.2, 0) is 11.2 Å². The van der Waals surface area contributed by atoms with Gasteiger partial charge >= 0.3 is 0 Å². The zero-order chi connectivity index (χ0) is 13.7. The first-order chi connectivity index (χ1) is 9.24. The Hall–Kier alpha value is -1.81. The van der Waals surface area contributed by atoms with Crippen LogP contribution in [0.15, 0.2) is 30.5 Å². The molecule has 102 valence electrons. The van der Waals surface area contributed by atoms with Gasteiger partial charge < -0.3 is 10.1 Å². The summed E-state index contributed by atoms with van der Waals surface area (Å²) in [5.74, 6) is 0.864. The van der Waals surface area contributed by atoms with E-state index in [1.807, 2.05) is 13.1 Å². The van der Waals surface area contributed by atoms with Gasteiger partial charge in [0, 0.05) is 25.5 Å². The highest BCUT2D eigenvalue weighted by Crippen LogP contribution is 2.18. The van der Waals surface area contributed by atoms with E-state index >= 15 is 0 Å². The van der Waals surface area contributed by atoms with Crippen molar-refractivity contribution in [3.8, 4) is 5.69 Å². The summed E-state index contributed by atoms with van der Waals surface area (Å²) in [6, 6.07) is 8.53. The van der Waals surface area contributed by atoms with Crippen LogP contribution in [0.5, 0.6) is 0 Å². The topological polar surface area (TPSA) is 39.1 Å². The molecule has 0 saturated heterocycles. The van der Waals surface area contributed by atoms with Gasteiger partial charge in [0.1, 0.15) is 0 Å². The molecule has 1 aromatic heterocycles. The largest absolute Gasteiger partial charge is 0.383 e. The van der Waals surface area contributed by atoms with Crippen molar-refractivity contribution in [3.63, 3.8) is 0 Å². The Bertz CT molecular complexity index is 534. The lowest BCUT2D eigenvalue weighted by atomic mass is 10.1. The molecule has 2 rings (SSSR count). The molecule has 0 unspecified atom stereocenters. The van der Waals surface area contributed by atoms with E-state index in [2.05, 4.69) is 46.1 Å². The molecule has 0 atom stereocenters. The average molecular weight is 259 g/mol. The van der Waals surface area contributed by atoms with Crippen LogP contribution in [0.1, 0.15) is 18.2 Å². The first kappa shape index (κ1) is 13.6. The Labute approximate surface area is 114 Å². The van der Waals surface area contributed by atoms with Crippen molar-refractivity contribution >= 4 is 5.95 Å². The molecular weight excluding hydrogens is 238 g/mol. The van der Waals surface area contributed by atoms with Crippen LogP contribution in [0.25, 0.3) is 5.69 Å². The number of nitrogens with one attached hydrogen (secondary N) is 1. The number of imidazole rings is 1. The molecular formula is C15H21N3O. The van der Waals surface area contributed by atoms with E-state index in [1.165, 1.54) is 5.56 Å². The fourth-order valence-electron chi connectivity index (χ4n) is 2.01. The van der Waals surface area contributed by atoms with Gasteiger partial charge in [-0.05, 0) is 31.0 Å². The molecule has 4 heteroatoms. The van der Waals surface area contributed by atoms with Crippen LogP contribution in [-0.4, -0.2) is 29.8 Å². The van der Waals surface area contributed by atoms with E-state index in [1.54, 1.807) is 7.11 Å². The van der Waals surface area contributed by atoms with Crippen molar-refractivity contribution < 1.29 is 4.74 Å². The zero-order valence-corrected chi connectivity index (χ0v) is 11.8. The number of aryl methyl sites for hydroxylation is 2. The molecule has 1 N–H and O–H groups in total. The lowest BCUT2D eigenvalue weighted by Crippen LogP contribution is -2.11. The summed E-state index contributed by atoms with van der Waals surface area (Å²) in [6.07, 6.45) is 3.08. The average Bonchev–Trinajstić information content (AvgIpc) is 2.80. The molecule has 0 aliphatic carbocycles. The second-order valence-electron chi connectivity index (χ2n) is 4.52. The van der Waals surface area contributed by atoms with E-state index in [9.17, 15) is 0 Å². The Morgan fingerprint density at radius 3 is 2.95 bits per heavy atom. The van der Waals surface area contributed by atoms with Crippen LogP contribution >= 0.6 is 0 Å². The molecule has 0 saturated carbocycles. The third-order valence-corrected chi connectivity index (χ3v) is 3.01. The minimum atomic E-state index is 0.668. The fraction of sp³-hybridized carbons (Fsp3) is 0.400. The monoisotopic (exact) mass is 259 g/mol. The molecule has 0 aliphatic heterocycles. The molecule has 1 heterocycles. The molecule has 0 radical (unpaired) electrons. The standard InChI is InChI=1S/C15H21N3O/c1-4-13-6-5-7-14(10-13)18-11-12(2)17-15(18)16-8-9-19-3/h5-7,10-11H,4,8-9H2,1-3H3,(H,16,17). The predicted octanol–water partition coefficient (Wildman–Crippen LogP) is 2.80. The number of methoxy groups -OCH3 is 1. The smallest absolute Gasteiger partial charge is 0.207 e. The van der Waals surface area contributed by atoms with Gasteiger partial charge in [-0.25, -0.2) is 4.98 Å². The van der Waals surface area contributed by atoms with E-state index < -0.39 is 0 Å². The van der Waals surface area contributed by atoms with Crippen molar-refractivity contribution in [2.75, 3.05) is 25.6 Å². The summed E-state index contributed by atoms with van der Waals surface area (Å²) in [5.41, 5.74) is 3.47. The number of hydrogen-bond acceptors (Lipinski definition) is 3. The quantitative estimate of drug-likeness (QED) is 0.811. The third-order valence-electron chi connectivity index (χ3n) is 3.01. The van der Waals surface area contributed by atoms with Gasteiger partial charge in [0.25, 0.3) is 0 Å². The van der Waals surface area contributed by atoms with Crippen molar-refractivity contribution in [2.45, 2.75) is 20.3 Å². The molecule has 19 heavy (non-hydrogen) atoms. The Morgan fingerprint density at radius 2 is 2.21 bits per heavy atom. The van der Waals surface area contributed by atoms with Gasteiger partial charge in [-0.2, -0.15) is 0 Å². The summed E-state index contributed by atoms with van der Waals surface area (Å²) >= 11 is 0. The second-order valence-corrected chi connectivity index (χ2v) is 4.52. The number of hydrogen-bond donors (Lipinski definition) is 1. The highest BCUT2D eigenvalue weighted by atomic mass is 16.5. The van der Waals surface area contributed by atoms with E-state index in [4.69, 9.17) is 4.74 Å². The van der Waals surface area contributed by atoms with Gasteiger partial charge in [0.15, 0.2) is 0 Å². The van der Waals surface area contributed by atoms with E-state index in [0.717, 1.165) is 30.3 Å². The van der Waals surface area contributed by atoms with Crippen molar-refractivity contribution in [1.82, 2.24) is 9.55 Å².